The molecule has 0 aliphatic rings. The number of para-hydroxylation sites is 1. The number of aromatic amines is 1. The molecule has 0 aliphatic carbocycles. The Balaban J connectivity index is 1.81. The lowest BCUT2D eigenvalue weighted by molar-refractivity contribution is -0.121. The SMILES string of the molecule is CC(CCN(C)C)NC(=O)CCc1c[nH]c2ccccc12. The molecule has 1 aromatic heterocycles. The highest BCUT2D eigenvalue weighted by Crippen LogP contribution is 2.18. The Kier molecular flexibility index (Phi) is 5.39. The third kappa shape index (κ3) is 4.60. The zero-order chi connectivity index (χ0) is 15.2. The fraction of sp³-hybridized carbons (Fsp3) is 0.471. The zero-order valence-electron chi connectivity index (χ0n) is 13.1. The highest BCUT2D eigenvalue weighted by Gasteiger charge is 2.09. The minimum absolute atomic E-state index is 0.131. The molecule has 0 radical (unpaired) electrons. The number of benzene rings is 1. The predicted octanol–water partition coefficient (Wildman–Crippen LogP) is 2.56. The van der Waals surface area contributed by atoms with Crippen molar-refractivity contribution in [2.24, 2.45) is 0 Å². The Morgan fingerprint density at radius 2 is 2.10 bits per heavy atom. The molecule has 21 heavy (non-hydrogen) atoms. The average Bonchev–Trinajstić information content (AvgIpc) is 2.86. The van der Waals surface area contributed by atoms with Crippen LogP contribution in [0.4, 0.5) is 0 Å². The molecule has 0 fully saturated rings. The fourth-order valence-electron chi connectivity index (χ4n) is 2.46. The van der Waals surface area contributed by atoms with Crippen LogP contribution in [0.2, 0.25) is 0 Å². The first-order valence-electron chi connectivity index (χ1n) is 7.55. The van der Waals surface area contributed by atoms with Crippen molar-refractivity contribution in [3.8, 4) is 0 Å². The summed E-state index contributed by atoms with van der Waals surface area (Å²) in [5.74, 6) is 0.131. The van der Waals surface area contributed by atoms with Crippen molar-refractivity contribution in [1.29, 1.82) is 0 Å². The topological polar surface area (TPSA) is 48.1 Å². The van der Waals surface area contributed by atoms with E-state index in [9.17, 15) is 4.79 Å². The second kappa shape index (κ2) is 7.27. The Hall–Kier alpha value is -1.81. The van der Waals surface area contributed by atoms with Gasteiger partial charge in [-0.3, -0.25) is 4.79 Å². The Morgan fingerprint density at radius 3 is 2.86 bits per heavy atom. The van der Waals surface area contributed by atoms with Gasteiger partial charge in [-0.1, -0.05) is 18.2 Å². The second-order valence-electron chi connectivity index (χ2n) is 5.92. The molecular weight excluding hydrogens is 262 g/mol. The van der Waals surface area contributed by atoms with E-state index in [2.05, 4.69) is 34.3 Å². The molecule has 0 aliphatic heterocycles. The van der Waals surface area contributed by atoms with Crippen LogP contribution in [-0.2, 0) is 11.2 Å². The van der Waals surface area contributed by atoms with Crippen molar-refractivity contribution in [3.63, 3.8) is 0 Å². The van der Waals surface area contributed by atoms with Crippen molar-refractivity contribution >= 4 is 16.8 Å². The predicted molar refractivity (Wildman–Crippen MR) is 87.4 cm³/mol. The summed E-state index contributed by atoms with van der Waals surface area (Å²) in [5, 5.41) is 4.28. The summed E-state index contributed by atoms with van der Waals surface area (Å²) in [4.78, 5) is 17.4. The van der Waals surface area contributed by atoms with Crippen LogP contribution in [-0.4, -0.2) is 42.5 Å². The van der Waals surface area contributed by atoms with Crippen LogP contribution in [0.25, 0.3) is 10.9 Å². The van der Waals surface area contributed by atoms with Crippen molar-refractivity contribution in [1.82, 2.24) is 15.2 Å². The molecule has 1 heterocycles. The van der Waals surface area contributed by atoms with E-state index in [1.165, 1.54) is 10.9 Å². The summed E-state index contributed by atoms with van der Waals surface area (Å²) in [5.41, 5.74) is 2.34. The smallest absolute Gasteiger partial charge is 0.220 e. The maximum Gasteiger partial charge on any atom is 0.220 e. The third-order valence-electron chi connectivity index (χ3n) is 3.71. The fourth-order valence-corrected chi connectivity index (χ4v) is 2.46. The van der Waals surface area contributed by atoms with Gasteiger partial charge in [0.2, 0.25) is 5.91 Å². The molecule has 0 saturated heterocycles. The Labute approximate surface area is 126 Å². The van der Waals surface area contributed by atoms with Gasteiger partial charge >= 0.3 is 0 Å². The quantitative estimate of drug-likeness (QED) is 0.822. The van der Waals surface area contributed by atoms with E-state index in [4.69, 9.17) is 0 Å². The molecule has 0 saturated carbocycles. The van der Waals surface area contributed by atoms with Gasteiger partial charge in [-0.25, -0.2) is 0 Å². The lowest BCUT2D eigenvalue weighted by Crippen LogP contribution is -2.34. The molecule has 4 heteroatoms. The van der Waals surface area contributed by atoms with E-state index in [-0.39, 0.29) is 11.9 Å². The lowest BCUT2D eigenvalue weighted by atomic mass is 10.1. The molecule has 0 spiro atoms. The van der Waals surface area contributed by atoms with Gasteiger partial charge in [0.25, 0.3) is 0 Å². The number of fused-ring (bicyclic) bond motifs is 1. The Morgan fingerprint density at radius 1 is 1.33 bits per heavy atom. The van der Waals surface area contributed by atoms with Crippen molar-refractivity contribution in [2.45, 2.75) is 32.2 Å². The summed E-state index contributed by atoms with van der Waals surface area (Å²) in [6.45, 7) is 3.05. The van der Waals surface area contributed by atoms with Gasteiger partial charge in [0, 0.05) is 29.6 Å². The van der Waals surface area contributed by atoms with Gasteiger partial charge in [0.05, 0.1) is 0 Å². The van der Waals surface area contributed by atoms with E-state index in [1.807, 2.05) is 32.4 Å². The number of amides is 1. The van der Waals surface area contributed by atoms with E-state index >= 15 is 0 Å². The standard InChI is InChI=1S/C17H25N3O/c1-13(10-11-20(2)3)19-17(21)9-8-14-12-18-16-7-5-4-6-15(14)16/h4-7,12-13,18H,8-11H2,1-3H3,(H,19,21). The molecule has 2 aromatic rings. The minimum Gasteiger partial charge on any atom is -0.361 e. The van der Waals surface area contributed by atoms with Gasteiger partial charge in [-0.2, -0.15) is 0 Å². The molecule has 2 rings (SSSR count). The van der Waals surface area contributed by atoms with Crippen molar-refractivity contribution < 1.29 is 4.79 Å². The number of nitrogens with one attached hydrogen (secondary N) is 2. The summed E-state index contributed by atoms with van der Waals surface area (Å²) >= 11 is 0. The van der Waals surface area contributed by atoms with Crippen molar-refractivity contribution in [3.05, 3.63) is 36.0 Å². The normalized spacial score (nSPS) is 12.8. The number of nitrogens with zero attached hydrogens (tertiary/aromatic N) is 1. The van der Waals surface area contributed by atoms with Crippen LogP contribution in [0.15, 0.2) is 30.5 Å². The number of aromatic nitrogens is 1. The average molecular weight is 287 g/mol. The van der Waals surface area contributed by atoms with E-state index in [0.717, 1.165) is 24.9 Å². The summed E-state index contributed by atoms with van der Waals surface area (Å²) < 4.78 is 0. The summed E-state index contributed by atoms with van der Waals surface area (Å²) in [6, 6.07) is 8.43. The van der Waals surface area contributed by atoms with Gasteiger partial charge in [0.1, 0.15) is 0 Å². The van der Waals surface area contributed by atoms with Crippen molar-refractivity contribution in [2.75, 3.05) is 20.6 Å². The van der Waals surface area contributed by atoms with Gasteiger partial charge in [-0.15, -0.1) is 0 Å². The number of carbonyl (C=O) groups excluding carboxylic acids is 1. The molecule has 2 N–H and O–H groups in total. The molecule has 4 nitrogen and oxygen atoms in total. The highest BCUT2D eigenvalue weighted by molar-refractivity contribution is 5.84. The van der Waals surface area contributed by atoms with E-state index < -0.39 is 0 Å². The van der Waals surface area contributed by atoms with Crippen LogP contribution in [0.3, 0.4) is 0 Å². The third-order valence-corrected chi connectivity index (χ3v) is 3.71. The zero-order valence-corrected chi connectivity index (χ0v) is 13.1. The summed E-state index contributed by atoms with van der Waals surface area (Å²) in [7, 11) is 4.09. The molecule has 114 valence electrons. The number of carbonyl (C=O) groups is 1. The largest absolute Gasteiger partial charge is 0.361 e. The molecule has 1 amide bonds. The first-order chi connectivity index (χ1) is 10.1. The minimum atomic E-state index is 0.131. The number of rotatable bonds is 7. The number of H-pyrrole nitrogens is 1. The summed E-state index contributed by atoms with van der Waals surface area (Å²) in [6.07, 6.45) is 4.30. The molecule has 0 bridgehead atoms. The maximum absolute atomic E-state index is 12.0. The van der Waals surface area contributed by atoms with Gasteiger partial charge < -0.3 is 15.2 Å². The number of hydrogen-bond acceptors (Lipinski definition) is 2. The number of hydrogen-bond donors (Lipinski definition) is 2. The Bertz CT molecular complexity index is 588. The highest BCUT2D eigenvalue weighted by atomic mass is 16.1. The molecule has 1 unspecified atom stereocenters. The van der Waals surface area contributed by atoms with Crippen LogP contribution in [0.5, 0.6) is 0 Å². The van der Waals surface area contributed by atoms with Crippen LogP contribution in [0.1, 0.15) is 25.3 Å². The first-order valence-corrected chi connectivity index (χ1v) is 7.55. The van der Waals surface area contributed by atoms with E-state index in [0.29, 0.717) is 6.42 Å². The lowest BCUT2D eigenvalue weighted by Gasteiger charge is -2.16. The molecule has 1 aromatic carbocycles. The first kappa shape index (κ1) is 15.6. The van der Waals surface area contributed by atoms with Gasteiger partial charge in [-0.05, 0) is 52.0 Å². The number of aryl methyl sites for hydroxylation is 1. The van der Waals surface area contributed by atoms with Crippen LogP contribution in [0, 0.1) is 0 Å². The second-order valence-corrected chi connectivity index (χ2v) is 5.92. The maximum atomic E-state index is 12.0. The molecule has 1 atom stereocenters. The molecular formula is C17H25N3O. The van der Waals surface area contributed by atoms with E-state index in [1.54, 1.807) is 0 Å². The monoisotopic (exact) mass is 287 g/mol. The van der Waals surface area contributed by atoms with Crippen LogP contribution >= 0.6 is 0 Å². The van der Waals surface area contributed by atoms with Crippen LogP contribution < -0.4 is 5.32 Å². The van der Waals surface area contributed by atoms with Gasteiger partial charge in [0.15, 0.2) is 0 Å².